The highest BCUT2D eigenvalue weighted by Gasteiger charge is 2.41. The molecular formula is C27H24N2O5. The smallest absolute Gasteiger partial charge is 0.282 e. The molecule has 0 unspecified atom stereocenters. The lowest BCUT2D eigenvalue weighted by molar-refractivity contribution is -0.120. The summed E-state index contributed by atoms with van der Waals surface area (Å²) in [5.74, 6) is 0.828. The van der Waals surface area contributed by atoms with Gasteiger partial charge < -0.3 is 19.5 Å². The van der Waals surface area contributed by atoms with Crippen molar-refractivity contribution in [3.8, 4) is 17.2 Å². The van der Waals surface area contributed by atoms with Crippen molar-refractivity contribution in [3.05, 3.63) is 83.6 Å². The van der Waals surface area contributed by atoms with Gasteiger partial charge >= 0.3 is 0 Å². The molecule has 3 aromatic carbocycles. The molecule has 0 spiro atoms. The van der Waals surface area contributed by atoms with Crippen LogP contribution in [0.25, 0.3) is 5.57 Å². The maximum absolute atomic E-state index is 13.7. The number of ether oxygens (including phenoxy) is 3. The molecule has 3 aromatic rings. The maximum atomic E-state index is 13.7. The van der Waals surface area contributed by atoms with Crippen LogP contribution in [0.2, 0.25) is 0 Å². The van der Waals surface area contributed by atoms with E-state index >= 15 is 0 Å². The van der Waals surface area contributed by atoms with E-state index in [-0.39, 0.29) is 5.70 Å². The summed E-state index contributed by atoms with van der Waals surface area (Å²) in [6.07, 6.45) is 0. The largest absolute Gasteiger partial charge is 0.492 e. The van der Waals surface area contributed by atoms with E-state index in [2.05, 4.69) is 5.32 Å². The molecule has 7 nitrogen and oxygen atoms in total. The van der Waals surface area contributed by atoms with Crippen LogP contribution < -0.4 is 24.4 Å². The third-order valence-electron chi connectivity index (χ3n) is 5.64. The van der Waals surface area contributed by atoms with E-state index in [1.54, 1.807) is 36.4 Å². The number of hydrogen-bond donors (Lipinski definition) is 1. The first-order valence-corrected chi connectivity index (χ1v) is 11.2. The van der Waals surface area contributed by atoms with E-state index in [1.807, 2.05) is 44.2 Å². The zero-order valence-electron chi connectivity index (χ0n) is 19.0. The fraction of sp³-hybridized carbons (Fsp3) is 0.185. The van der Waals surface area contributed by atoms with Gasteiger partial charge in [-0.15, -0.1) is 0 Å². The molecule has 5 rings (SSSR count). The van der Waals surface area contributed by atoms with Crippen LogP contribution in [-0.2, 0) is 9.59 Å². The highest BCUT2D eigenvalue weighted by molar-refractivity contribution is 6.46. The molecule has 0 radical (unpaired) electrons. The number of amides is 2. The van der Waals surface area contributed by atoms with Crippen molar-refractivity contribution in [2.24, 2.45) is 0 Å². The van der Waals surface area contributed by atoms with Crippen LogP contribution in [0.4, 0.5) is 11.4 Å². The van der Waals surface area contributed by atoms with Crippen LogP contribution in [0.5, 0.6) is 17.2 Å². The molecule has 34 heavy (non-hydrogen) atoms. The van der Waals surface area contributed by atoms with Crippen LogP contribution >= 0.6 is 0 Å². The van der Waals surface area contributed by atoms with Crippen molar-refractivity contribution in [2.45, 2.75) is 13.8 Å². The Labute approximate surface area is 197 Å². The van der Waals surface area contributed by atoms with Gasteiger partial charge in [-0.05, 0) is 43.7 Å². The topological polar surface area (TPSA) is 77.1 Å². The molecule has 0 atom stereocenters. The van der Waals surface area contributed by atoms with Gasteiger partial charge in [0, 0.05) is 11.8 Å². The Morgan fingerprint density at radius 3 is 2.41 bits per heavy atom. The molecule has 2 aliphatic rings. The Bertz CT molecular complexity index is 1300. The van der Waals surface area contributed by atoms with Crippen molar-refractivity contribution in [2.75, 3.05) is 30.0 Å². The minimum absolute atomic E-state index is 0.192. The zero-order chi connectivity index (χ0) is 23.7. The van der Waals surface area contributed by atoms with Gasteiger partial charge in [0.1, 0.15) is 24.7 Å². The minimum Gasteiger partial charge on any atom is -0.492 e. The van der Waals surface area contributed by atoms with E-state index in [1.165, 1.54) is 4.90 Å². The first-order valence-electron chi connectivity index (χ1n) is 11.2. The van der Waals surface area contributed by atoms with Crippen LogP contribution in [0.15, 0.2) is 72.4 Å². The van der Waals surface area contributed by atoms with Crippen molar-refractivity contribution in [3.63, 3.8) is 0 Å². The second-order valence-corrected chi connectivity index (χ2v) is 7.95. The predicted molar refractivity (Wildman–Crippen MR) is 129 cm³/mol. The number of benzene rings is 3. The van der Waals surface area contributed by atoms with Gasteiger partial charge in [0.05, 0.1) is 17.9 Å². The number of carbonyl (C=O) groups excluding carboxylic acids is 2. The Kier molecular flexibility index (Phi) is 5.67. The molecular weight excluding hydrogens is 432 g/mol. The molecule has 7 heteroatoms. The molecule has 172 valence electrons. The SMILES string of the molecule is CCOc1ccccc1N1C(=O)C(Nc2ccc3c(c2)OCCO3)=C(c2ccc(C)cc2)C1=O. The number of nitrogens with one attached hydrogen (secondary N) is 1. The first-order chi connectivity index (χ1) is 16.6. The molecule has 2 aliphatic heterocycles. The summed E-state index contributed by atoms with van der Waals surface area (Å²) in [7, 11) is 0. The summed E-state index contributed by atoms with van der Waals surface area (Å²) < 4.78 is 17.0. The first kappa shape index (κ1) is 21.6. The molecule has 1 N–H and O–H groups in total. The number of carbonyl (C=O) groups is 2. The maximum Gasteiger partial charge on any atom is 0.282 e. The zero-order valence-corrected chi connectivity index (χ0v) is 19.0. The van der Waals surface area contributed by atoms with Gasteiger partial charge in [-0.3, -0.25) is 9.59 Å². The highest BCUT2D eigenvalue weighted by Crippen LogP contribution is 2.39. The van der Waals surface area contributed by atoms with E-state index in [0.29, 0.717) is 59.6 Å². The Balaban J connectivity index is 1.59. The lowest BCUT2D eigenvalue weighted by Gasteiger charge is -2.20. The Morgan fingerprint density at radius 2 is 1.65 bits per heavy atom. The molecule has 0 aromatic heterocycles. The standard InChI is InChI=1S/C27H24N2O5/c1-3-32-21-7-5-4-6-20(21)29-26(30)24(18-10-8-17(2)9-11-18)25(27(29)31)28-19-12-13-22-23(16-19)34-15-14-33-22/h4-13,16,28H,3,14-15H2,1-2H3. The number of hydrogen-bond acceptors (Lipinski definition) is 6. The monoisotopic (exact) mass is 456 g/mol. The second kappa shape index (κ2) is 8.94. The number of nitrogens with zero attached hydrogens (tertiary/aromatic N) is 1. The summed E-state index contributed by atoms with van der Waals surface area (Å²) in [5, 5.41) is 3.18. The van der Waals surface area contributed by atoms with E-state index < -0.39 is 11.8 Å². The highest BCUT2D eigenvalue weighted by atomic mass is 16.6. The number of aryl methyl sites for hydroxylation is 1. The van der Waals surface area contributed by atoms with Gasteiger partial charge in [0.25, 0.3) is 11.8 Å². The summed E-state index contributed by atoms with van der Waals surface area (Å²) in [6, 6.07) is 19.9. The molecule has 2 amide bonds. The fourth-order valence-electron chi connectivity index (χ4n) is 4.04. The molecule has 0 bridgehead atoms. The van der Waals surface area contributed by atoms with Gasteiger partial charge in [-0.2, -0.15) is 0 Å². The predicted octanol–water partition coefficient (Wildman–Crippen LogP) is 4.56. The number of anilines is 2. The average Bonchev–Trinajstić information content (AvgIpc) is 3.09. The van der Waals surface area contributed by atoms with Crippen molar-refractivity contribution >= 4 is 28.8 Å². The van der Waals surface area contributed by atoms with Crippen molar-refractivity contribution in [1.82, 2.24) is 0 Å². The molecule has 2 heterocycles. The summed E-state index contributed by atoms with van der Waals surface area (Å²) in [6.45, 7) is 5.18. The lowest BCUT2D eigenvalue weighted by atomic mass is 10.0. The average molecular weight is 456 g/mol. The molecule has 0 saturated carbocycles. The number of imide groups is 1. The van der Waals surface area contributed by atoms with Crippen LogP contribution in [0, 0.1) is 6.92 Å². The minimum atomic E-state index is -0.456. The van der Waals surface area contributed by atoms with Crippen LogP contribution in [0.1, 0.15) is 18.1 Å². The van der Waals surface area contributed by atoms with Crippen LogP contribution in [0.3, 0.4) is 0 Å². The van der Waals surface area contributed by atoms with Gasteiger partial charge in [0.15, 0.2) is 11.5 Å². The Hall–Kier alpha value is -4.26. The van der Waals surface area contributed by atoms with Crippen molar-refractivity contribution < 1.29 is 23.8 Å². The third-order valence-corrected chi connectivity index (χ3v) is 5.64. The van der Waals surface area contributed by atoms with Gasteiger partial charge in [-0.1, -0.05) is 42.0 Å². The van der Waals surface area contributed by atoms with E-state index in [4.69, 9.17) is 14.2 Å². The molecule has 0 aliphatic carbocycles. The summed E-state index contributed by atoms with van der Waals surface area (Å²) >= 11 is 0. The van der Waals surface area contributed by atoms with Crippen molar-refractivity contribution in [1.29, 1.82) is 0 Å². The normalized spacial score (nSPS) is 15.1. The number of rotatable bonds is 6. The van der Waals surface area contributed by atoms with Crippen LogP contribution in [-0.4, -0.2) is 31.6 Å². The van der Waals surface area contributed by atoms with E-state index in [9.17, 15) is 9.59 Å². The Morgan fingerprint density at radius 1 is 0.912 bits per heavy atom. The third kappa shape index (κ3) is 3.85. The number of para-hydroxylation sites is 2. The second-order valence-electron chi connectivity index (χ2n) is 7.95. The summed E-state index contributed by atoms with van der Waals surface area (Å²) in [4.78, 5) is 28.6. The van der Waals surface area contributed by atoms with Gasteiger partial charge in [0.2, 0.25) is 0 Å². The number of fused-ring (bicyclic) bond motifs is 1. The molecule has 0 fully saturated rings. The lowest BCUT2D eigenvalue weighted by Crippen LogP contribution is -2.32. The van der Waals surface area contributed by atoms with E-state index in [0.717, 1.165) is 5.56 Å². The molecule has 0 saturated heterocycles. The summed E-state index contributed by atoms with van der Waals surface area (Å²) in [5.41, 5.74) is 3.22. The van der Waals surface area contributed by atoms with Gasteiger partial charge in [-0.25, -0.2) is 4.90 Å². The fourth-order valence-corrected chi connectivity index (χ4v) is 4.04. The quantitative estimate of drug-likeness (QED) is 0.548.